The highest BCUT2D eigenvalue weighted by Crippen LogP contribution is 2.68. The van der Waals surface area contributed by atoms with E-state index in [1.54, 1.807) is 0 Å². The van der Waals surface area contributed by atoms with Gasteiger partial charge in [0.25, 0.3) is 0 Å². The first-order valence-electron chi connectivity index (χ1n) is 14.2. The smallest absolute Gasteiger partial charge is 0.390 e. The Hall–Kier alpha value is -0.510. The van der Waals surface area contributed by atoms with Gasteiger partial charge in [-0.3, -0.25) is 0 Å². The summed E-state index contributed by atoms with van der Waals surface area (Å²) in [5, 5.41) is 10.7. The van der Waals surface area contributed by atoms with Gasteiger partial charge in [0.1, 0.15) is 0 Å². The van der Waals surface area contributed by atoms with Gasteiger partial charge < -0.3 is 5.11 Å². The molecular weight excluding hydrogens is 433 g/mol. The number of fused-ring (bicyclic) bond motifs is 5. The summed E-state index contributed by atoms with van der Waals surface area (Å²) < 4.78 is 39.1. The fraction of sp³-hybridized carbons (Fsp3) is 0.933. The first-order chi connectivity index (χ1) is 15.7. The zero-order valence-corrected chi connectivity index (χ0v) is 23.1. The Morgan fingerprint density at radius 2 is 1.62 bits per heavy atom. The second-order valence-electron chi connectivity index (χ2n) is 13.2. The summed E-state index contributed by atoms with van der Waals surface area (Å²) in [6, 6.07) is 0. The van der Waals surface area contributed by atoms with Gasteiger partial charge in [-0.05, 0) is 111 Å². The van der Waals surface area contributed by atoms with Gasteiger partial charge in [0.15, 0.2) is 0 Å². The highest BCUT2D eigenvalue weighted by Gasteiger charge is 2.61. The van der Waals surface area contributed by atoms with E-state index >= 15 is 0 Å². The quantitative estimate of drug-likeness (QED) is 0.394. The second kappa shape index (κ2) is 9.75. The molecule has 1 N–H and O–H groups in total. The van der Waals surface area contributed by atoms with Crippen molar-refractivity contribution in [1.82, 2.24) is 0 Å². The predicted octanol–water partition coefficient (Wildman–Crippen LogP) is 9.20. The number of rotatable bonds is 4. The maximum absolute atomic E-state index is 13.0. The van der Waals surface area contributed by atoms with Gasteiger partial charge in [0.05, 0.1) is 11.5 Å². The number of aliphatic hydroxyl groups is 1. The van der Waals surface area contributed by atoms with Crippen LogP contribution in [-0.4, -0.2) is 16.9 Å². The number of halogens is 3. The molecule has 10 atom stereocenters. The van der Waals surface area contributed by atoms with Crippen LogP contribution in [0.4, 0.5) is 13.2 Å². The molecule has 0 aliphatic heterocycles. The Balaban J connectivity index is 0.00000158. The highest BCUT2D eigenvalue weighted by molar-refractivity contribution is 5.28. The number of allylic oxidation sites excluding steroid dienone is 1. The van der Waals surface area contributed by atoms with Crippen molar-refractivity contribution >= 4 is 0 Å². The minimum atomic E-state index is -4.07. The van der Waals surface area contributed by atoms with Crippen LogP contribution >= 0.6 is 0 Å². The molecule has 1 nitrogen and oxygen atoms in total. The van der Waals surface area contributed by atoms with Gasteiger partial charge in [-0.15, -0.1) is 0 Å². The molecule has 34 heavy (non-hydrogen) atoms. The van der Waals surface area contributed by atoms with Crippen molar-refractivity contribution in [3.8, 4) is 0 Å². The molecule has 3 fully saturated rings. The second-order valence-corrected chi connectivity index (χ2v) is 13.2. The molecule has 0 aromatic rings. The average molecular weight is 485 g/mol. The molecule has 0 radical (unpaired) electrons. The molecule has 4 aliphatic carbocycles. The first kappa shape index (κ1) is 28.1. The van der Waals surface area contributed by atoms with Crippen molar-refractivity contribution in [2.75, 3.05) is 0 Å². The Morgan fingerprint density at radius 3 is 2.24 bits per heavy atom. The summed E-state index contributed by atoms with van der Waals surface area (Å²) >= 11 is 0. The van der Waals surface area contributed by atoms with Crippen molar-refractivity contribution in [3.05, 3.63) is 11.6 Å². The number of hydrogen-bond acceptors (Lipinski definition) is 1. The van der Waals surface area contributed by atoms with Crippen LogP contribution < -0.4 is 0 Å². The summed E-state index contributed by atoms with van der Waals surface area (Å²) in [6.07, 6.45) is 7.05. The molecule has 198 valence electrons. The van der Waals surface area contributed by atoms with Crippen molar-refractivity contribution in [3.63, 3.8) is 0 Å². The van der Waals surface area contributed by atoms with E-state index in [1.807, 2.05) is 20.8 Å². The van der Waals surface area contributed by atoms with Gasteiger partial charge >= 0.3 is 6.18 Å². The topological polar surface area (TPSA) is 20.2 Å². The molecule has 0 saturated heterocycles. The largest absolute Gasteiger partial charge is 0.391 e. The van der Waals surface area contributed by atoms with Gasteiger partial charge in [-0.2, -0.15) is 13.2 Å². The molecule has 4 aliphatic rings. The molecule has 0 aromatic carbocycles. The van der Waals surface area contributed by atoms with Crippen LogP contribution in [0.15, 0.2) is 11.6 Å². The predicted molar refractivity (Wildman–Crippen MR) is 135 cm³/mol. The zero-order valence-electron chi connectivity index (χ0n) is 23.1. The lowest BCUT2D eigenvalue weighted by atomic mass is 9.44. The SMILES string of the molecule is CC.CC1C=C2C[C@@](C)(O)CCC2(C)C2CC[C@@]3(C)C(CC[C@@H]3C(C)CCC(C)C(F)(F)F)[C@H]12. The molecule has 0 aromatic heterocycles. The number of alkyl halides is 3. The summed E-state index contributed by atoms with van der Waals surface area (Å²) in [6.45, 7) is 16.9. The van der Waals surface area contributed by atoms with Crippen LogP contribution in [0, 0.1) is 52.3 Å². The summed E-state index contributed by atoms with van der Waals surface area (Å²) in [5.74, 6) is 2.28. The van der Waals surface area contributed by atoms with E-state index < -0.39 is 17.7 Å². The van der Waals surface area contributed by atoms with Gasteiger partial charge in [-0.25, -0.2) is 0 Å². The average Bonchev–Trinajstić information content (AvgIpc) is 3.11. The minimum absolute atomic E-state index is 0.215. The molecule has 4 heteroatoms. The van der Waals surface area contributed by atoms with E-state index in [-0.39, 0.29) is 17.3 Å². The van der Waals surface area contributed by atoms with Crippen LogP contribution in [0.5, 0.6) is 0 Å². The third-order valence-electron chi connectivity index (χ3n) is 11.1. The summed E-state index contributed by atoms with van der Waals surface area (Å²) in [5.41, 5.74) is 1.41. The third-order valence-corrected chi connectivity index (χ3v) is 11.1. The lowest BCUT2D eigenvalue weighted by molar-refractivity contribution is -0.172. The highest BCUT2D eigenvalue weighted by atomic mass is 19.4. The van der Waals surface area contributed by atoms with Crippen LogP contribution in [0.1, 0.15) is 113 Å². The molecule has 0 heterocycles. The molecule has 0 bridgehead atoms. The van der Waals surface area contributed by atoms with E-state index in [0.29, 0.717) is 41.9 Å². The van der Waals surface area contributed by atoms with E-state index in [4.69, 9.17) is 0 Å². The van der Waals surface area contributed by atoms with E-state index in [9.17, 15) is 18.3 Å². The van der Waals surface area contributed by atoms with Crippen molar-refractivity contribution < 1.29 is 18.3 Å². The third kappa shape index (κ3) is 4.88. The van der Waals surface area contributed by atoms with Crippen LogP contribution in [0.3, 0.4) is 0 Å². The van der Waals surface area contributed by atoms with Gasteiger partial charge in [-0.1, -0.05) is 60.1 Å². The Bertz CT molecular complexity index is 740. The zero-order chi connectivity index (χ0) is 25.7. The van der Waals surface area contributed by atoms with Gasteiger partial charge in [0, 0.05) is 0 Å². The molecule has 4 rings (SSSR count). The van der Waals surface area contributed by atoms with Crippen molar-refractivity contribution in [2.45, 2.75) is 125 Å². The Labute approximate surface area is 207 Å². The molecule has 0 amide bonds. The summed E-state index contributed by atoms with van der Waals surface area (Å²) in [7, 11) is 0. The van der Waals surface area contributed by atoms with E-state index in [1.165, 1.54) is 38.2 Å². The van der Waals surface area contributed by atoms with Crippen LogP contribution in [0.25, 0.3) is 0 Å². The van der Waals surface area contributed by atoms with E-state index in [2.05, 4.69) is 33.8 Å². The molecule has 3 saturated carbocycles. The molecule has 6 unspecified atom stereocenters. The van der Waals surface area contributed by atoms with Crippen LogP contribution in [0.2, 0.25) is 0 Å². The normalized spacial score (nSPS) is 45.6. The van der Waals surface area contributed by atoms with E-state index in [0.717, 1.165) is 19.3 Å². The minimum Gasteiger partial charge on any atom is -0.390 e. The maximum atomic E-state index is 13.0. The van der Waals surface area contributed by atoms with Crippen molar-refractivity contribution in [1.29, 1.82) is 0 Å². The lowest BCUT2D eigenvalue weighted by Crippen LogP contribution is -2.54. The standard InChI is InChI=1S/C28H45F3O.C2H6/c1-17(7-8-19(3)28(29,30)31)21-9-10-22-24-18(2)15-20-16-25(4,32)13-14-26(20,5)23(24)11-12-27(21,22)6;1-2/h15,17-19,21-24,32H,7-14,16H2,1-6H3;1-2H3/t17?,18?,19?,21-,22?,23?,24+,25+,26?,27-;/m1./s1. The monoisotopic (exact) mass is 484 g/mol. The summed E-state index contributed by atoms with van der Waals surface area (Å²) in [4.78, 5) is 0. The fourth-order valence-electron chi connectivity index (χ4n) is 9.02. The Kier molecular flexibility index (Phi) is 8.05. The molecule has 0 spiro atoms. The van der Waals surface area contributed by atoms with Crippen LogP contribution in [-0.2, 0) is 0 Å². The maximum Gasteiger partial charge on any atom is 0.391 e. The van der Waals surface area contributed by atoms with Crippen molar-refractivity contribution in [2.24, 2.45) is 52.3 Å². The molecular formula is C30H51F3O. The van der Waals surface area contributed by atoms with Gasteiger partial charge in [0.2, 0.25) is 0 Å². The lowest BCUT2D eigenvalue weighted by Gasteiger charge is -2.60. The Morgan fingerprint density at radius 1 is 0.971 bits per heavy atom. The number of hydrogen-bond donors (Lipinski definition) is 1. The first-order valence-corrected chi connectivity index (χ1v) is 14.2. The fourth-order valence-corrected chi connectivity index (χ4v) is 9.02.